The number of Topliss-reactive ketones (excluding diaryl/α,β-unsaturated/α-hetero) is 1. The van der Waals surface area contributed by atoms with Gasteiger partial charge in [0.25, 0.3) is 0 Å². The van der Waals surface area contributed by atoms with Crippen LogP contribution >= 0.6 is 12.6 Å². The van der Waals surface area contributed by atoms with Crippen LogP contribution in [0.3, 0.4) is 0 Å². The van der Waals surface area contributed by atoms with Crippen molar-refractivity contribution >= 4 is 18.4 Å². The highest BCUT2D eigenvalue weighted by molar-refractivity contribution is 7.85. The molecule has 0 saturated carbocycles. The SMILES string of the molecule is CCCC1(OC)C=C(C)C(=O)C(S)=C1. The molecule has 0 amide bonds. The molecule has 0 saturated heterocycles. The lowest BCUT2D eigenvalue weighted by atomic mass is 9.89. The Morgan fingerprint density at radius 1 is 1.50 bits per heavy atom. The van der Waals surface area contributed by atoms with Crippen LogP contribution in [0.15, 0.2) is 22.6 Å². The number of hydrogen-bond acceptors (Lipinski definition) is 3. The van der Waals surface area contributed by atoms with E-state index in [0.29, 0.717) is 10.5 Å². The normalized spacial score (nSPS) is 27.3. The minimum Gasteiger partial charge on any atom is -0.370 e. The van der Waals surface area contributed by atoms with Crippen LogP contribution < -0.4 is 0 Å². The van der Waals surface area contributed by atoms with Crippen molar-refractivity contribution in [2.75, 3.05) is 7.11 Å². The summed E-state index contributed by atoms with van der Waals surface area (Å²) in [6.45, 7) is 3.89. The highest BCUT2D eigenvalue weighted by Gasteiger charge is 2.30. The lowest BCUT2D eigenvalue weighted by molar-refractivity contribution is -0.112. The fourth-order valence-electron chi connectivity index (χ4n) is 1.73. The number of hydrogen-bond donors (Lipinski definition) is 1. The van der Waals surface area contributed by atoms with E-state index in [1.807, 2.05) is 6.08 Å². The summed E-state index contributed by atoms with van der Waals surface area (Å²) in [5.74, 6) is -0.00267. The molecule has 1 unspecified atom stereocenters. The zero-order valence-electron chi connectivity index (χ0n) is 8.83. The zero-order chi connectivity index (χ0) is 10.8. The molecule has 0 aliphatic heterocycles. The minimum atomic E-state index is -0.427. The third kappa shape index (κ3) is 2.10. The van der Waals surface area contributed by atoms with Crippen molar-refractivity contribution < 1.29 is 9.53 Å². The topological polar surface area (TPSA) is 26.3 Å². The standard InChI is InChI=1S/C11H16O2S/c1-4-5-11(13-3)6-8(2)10(12)9(14)7-11/h6-7,14H,4-5H2,1-3H3. The second kappa shape index (κ2) is 4.32. The maximum atomic E-state index is 11.5. The molecule has 0 aromatic carbocycles. The van der Waals surface area contributed by atoms with E-state index in [2.05, 4.69) is 19.6 Å². The summed E-state index contributed by atoms with van der Waals surface area (Å²) in [7, 11) is 1.66. The highest BCUT2D eigenvalue weighted by Crippen LogP contribution is 2.30. The first-order valence-corrected chi connectivity index (χ1v) is 5.20. The van der Waals surface area contributed by atoms with E-state index in [-0.39, 0.29) is 5.78 Å². The zero-order valence-corrected chi connectivity index (χ0v) is 9.73. The van der Waals surface area contributed by atoms with Gasteiger partial charge in [-0.1, -0.05) is 13.3 Å². The van der Waals surface area contributed by atoms with Crippen LogP contribution in [0.25, 0.3) is 0 Å². The maximum absolute atomic E-state index is 11.5. The lowest BCUT2D eigenvalue weighted by Gasteiger charge is -2.29. The quantitative estimate of drug-likeness (QED) is 0.728. The molecule has 0 aromatic heterocycles. The summed E-state index contributed by atoms with van der Waals surface area (Å²) >= 11 is 4.17. The Hall–Kier alpha value is -0.540. The third-order valence-corrected chi connectivity index (χ3v) is 2.79. The first-order chi connectivity index (χ1) is 6.54. The van der Waals surface area contributed by atoms with E-state index in [1.165, 1.54) is 0 Å². The Bertz CT molecular complexity index is 280. The number of methoxy groups -OCH3 is 1. The summed E-state index contributed by atoms with van der Waals surface area (Å²) in [5.41, 5.74) is 0.289. The molecule has 1 aliphatic rings. The molecule has 0 fully saturated rings. The smallest absolute Gasteiger partial charge is 0.194 e. The lowest BCUT2D eigenvalue weighted by Crippen LogP contribution is -2.31. The summed E-state index contributed by atoms with van der Waals surface area (Å²) in [6, 6.07) is 0. The molecule has 0 bridgehead atoms. The van der Waals surface area contributed by atoms with Crippen molar-refractivity contribution in [3.05, 3.63) is 22.6 Å². The average molecular weight is 212 g/mol. The third-order valence-electron chi connectivity index (χ3n) is 2.45. The molecule has 0 spiro atoms. The Labute approximate surface area is 90.4 Å². The molecule has 2 nitrogen and oxygen atoms in total. The van der Waals surface area contributed by atoms with E-state index in [0.717, 1.165) is 12.8 Å². The number of rotatable bonds is 3. The fourth-order valence-corrected chi connectivity index (χ4v) is 2.12. The van der Waals surface area contributed by atoms with Crippen LogP contribution in [-0.4, -0.2) is 18.5 Å². The second-order valence-electron chi connectivity index (χ2n) is 3.60. The molecule has 3 heteroatoms. The van der Waals surface area contributed by atoms with Gasteiger partial charge in [-0.05, 0) is 31.1 Å². The molecule has 14 heavy (non-hydrogen) atoms. The Balaban J connectivity index is 3.05. The summed E-state index contributed by atoms with van der Waals surface area (Å²) in [6.07, 6.45) is 5.56. The van der Waals surface area contributed by atoms with Gasteiger partial charge in [0.2, 0.25) is 0 Å². The largest absolute Gasteiger partial charge is 0.370 e. The Morgan fingerprint density at radius 3 is 2.57 bits per heavy atom. The number of thiol groups is 1. The summed E-state index contributed by atoms with van der Waals surface area (Å²) in [4.78, 5) is 12.0. The van der Waals surface area contributed by atoms with E-state index in [4.69, 9.17) is 4.74 Å². The van der Waals surface area contributed by atoms with Crippen LogP contribution in [0.2, 0.25) is 0 Å². The van der Waals surface area contributed by atoms with Crippen molar-refractivity contribution in [2.45, 2.75) is 32.3 Å². The van der Waals surface area contributed by atoms with E-state index < -0.39 is 5.60 Å². The number of carbonyl (C=O) groups excluding carboxylic acids is 1. The molecule has 0 heterocycles. The second-order valence-corrected chi connectivity index (χ2v) is 4.08. The number of ketones is 1. The van der Waals surface area contributed by atoms with Gasteiger partial charge >= 0.3 is 0 Å². The molecule has 78 valence electrons. The van der Waals surface area contributed by atoms with Crippen molar-refractivity contribution in [1.82, 2.24) is 0 Å². The molecule has 0 N–H and O–H groups in total. The van der Waals surface area contributed by atoms with Gasteiger partial charge in [-0.3, -0.25) is 4.79 Å². The molecule has 1 aliphatic carbocycles. The molecule has 0 radical (unpaired) electrons. The number of carbonyl (C=O) groups is 1. The van der Waals surface area contributed by atoms with E-state index in [1.54, 1.807) is 20.1 Å². The van der Waals surface area contributed by atoms with Crippen molar-refractivity contribution in [1.29, 1.82) is 0 Å². The van der Waals surface area contributed by atoms with Gasteiger partial charge in [-0.15, -0.1) is 12.6 Å². The number of ether oxygens (including phenoxy) is 1. The van der Waals surface area contributed by atoms with Gasteiger partial charge in [0, 0.05) is 7.11 Å². The average Bonchev–Trinajstić information content (AvgIpc) is 2.15. The van der Waals surface area contributed by atoms with Crippen LogP contribution in [0, 0.1) is 0 Å². The predicted molar refractivity (Wildman–Crippen MR) is 60.5 cm³/mol. The van der Waals surface area contributed by atoms with Gasteiger partial charge in [0.05, 0.1) is 4.91 Å². The van der Waals surface area contributed by atoms with Gasteiger partial charge in [-0.2, -0.15) is 0 Å². The van der Waals surface area contributed by atoms with Gasteiger partial charge < -0.3 is 4.74 Å². The van der Waals surface area contributed by atoms with Crippen LogP contribution in [0.1, 0.15) is 26.7 Å². The van der Waals surface area contributed by atoms with Crippen molar-refractivity contribution in [3.63, 3.8) is 0 Å². The monoisotopic (exact) mass is 212 g/mol. The molecular weight excluding hydrogens is 196 g/mol. The van der Waals surface area contributed by atoms with E-state index in [9.17, 15) is 4.79 Å². The Kier molecular flexibility index (Phi) is 3.56. The molecular formula is C11H16O2S. The van der Waals surface area contributed by atoms with Crippen molar-refractivity contribution in [3.8, 4) is 0 Å². The summed E-state index contributed by atoms with van der Waals surface area (Å²) < 4.78 is 5.45. The van der Waals surface area contributed by atoms with Gasteiger partial charge in [0.1, 0.15) is 5.60 Å². The summed E-state index contributed by atoms with van der Waals surface area (Å²) in [5, 5.41) is 0. The molecule has 0 aromatic rings. The van der Waals surface area contributed by atoms with Gasteiger partial charge in [-0.25, -0.2) is 0 Å². The van der Waals surface area contributed by atoms with Gasteiger partial charge in [0.15, 0.2) is 5.78 Å². The highest BCUT2D eigenvalue weighted by atomic mass is 32.1. The maximum Gasteiger partial charge on any atom is 0.194 e. The first kappa shape index (κ1) is 11.5. The van der Waals surface area contributed by atoms with Crippen LogP contribution in [-0.2, 0) is 9.53 Å². The fraction of sp³-hybridized carbons (Fsp3) is 0.545. The Morgan fingerprint density at radius 2 is 2.14 bits per heavy atom. The first-order valence-electron chi connectivity index (χ1n) is 4.76. The minimum absolute atomic E-state index is 0.00267. The number of allylic oxidation sites excluding steroid dienone is 2. The molecule has 1 rings (SSSR count). The predicted octanol–water partition coefficient (Wildman–Crippen LogP) is 2.51. The van der Waals surface area contributed by atoms with E-state index >= 15 is 0 Å². The van der Waals surface area contributed by atoms with Crippen LogP contribution in [0.5, 0.6) is 0 Å². The molecule has 1 atom stereocenters. The van der Waals surface area contributed by atoms with Crippen molar-refractivity contribution in [2.24, 2.45) is 0 Å². The van der Waals surface area contributed by atoms with Crippen LogP contribution in [0.4, 0.5) is 0 Å².